The number of benzene rings is 1. The van der Waals surface area contributed by atoms with E-state index in [1.165, 1.54) is 57.8 Å². The zero-order valence-electron chi connectivity index (χ0n) is 19.0. The van der Waals surface area contributed by atoms with Gasteiger partial charge in [0.1, 0.15) is 5.82 Å². The topological polar surface area (TPSA) is 25.8 Å². The molecule has 30 heavy (non-hydrogen) atoms. The van der Waals surface area contributed by atoms with Gasteiger partial charge in [0, 0.05) is 5.56 Å². The molecular formula is C27H39FN2. The summed E-state index contributed by atoms with van der Waals surface area (Å²) in [6.45, 7) is 4.45. The monoisotopic (exact) mass is 410 g/mol. The van der Waals surface area contributed by atoms with Crippen molar-refractivity contribution in [1.82, 2.24) is 10.2 Å². The molecule has 1 fully saturated rings. The molecule has 0 saturated heterocycles. The van der Waals surface area contributed by atoms with Crippen LogP contribution in [0.15, 0.2) is 30.3 Å². The first kappa shape index (κ1) is 22.9. The highest BCUT2D eigenvalue weighted by Crippen LogP contribution is 2.34. The zero-order chi connectivity index (χ0) is 21.2. The van der Waals surface area contributed by atoms with Crippen molar-refractivity contribution in [3.63, 3.8) is 0 Å². The Kier molecular flexibility index (Phi) is 9.29. The van der Waals surface area contributed by atoms with Gasteiger partial charge in [-0.2, -0.15) is 10.2 Å². The van der Waals surface area contributed by atoms with Crippen molar-refractivity contribution in [3.8, 4) is 11.3 Å². The Bertz CT molecular complexity index is 748. The Morgan fingerprint density at radius 3 is 2.17 bits per heavy atom. The van der Waals surface area contributed by atoms with Crippen LogP contribution in [0.25, 0.3) is 11.3 Å². The molecule has 0 N–H and O–H groups in total. The fourth-order valence-electron chi connectivity index (χ4n) is 4.78. The van der Waals surface area contributed by atoms with Crippen LogP contribution in [-0.2, 0) is 12.8 Å². The molecule has 1 aromatic carbocycles. The van der Waals surface area contributed by atoms with E-state index in [9.17, 15) is 4.39 Å². The van der Waals surface area contributed by atoms with Crippen molar-refractivity contribution in [2.75, 3.05) is 0 Å². The van der Waals surface area contributed by atoms with Crippen LogP contribution in [0.4, 0.5) is 4.39 Å². The second-order valence-corrected chi connectivity index (χ2v) is 9.25. The van der Waals surface area contributed by atoms with Crippen molar-refractivity contribution >= 4 is 0 Å². The molecule has 0 bridgehead atoms. The molecule has 0 amide bonds. The molecule has 0 radical (unpaired) electrons. The third-order valence-corrected chi connectivity index (χ3v) is 6.84. The van der Waals surface area contributed by atoms with E-state index in [-0.39, 0.29) is 5.82 Å². The van der Waals surface area contributed by atoms with Gasteiger partial charge in [-0.15, -0.1) is 0 Å². The van der Waals surface area contributed by atoms with Crippen molar-refractivity contribution in [2.24, 2.45) is 11.8 Å². The average Bonchev–Trinajstić information content (AvgIpc) is 2.78. The maximum atomic E-state index is 14.7. The number of nitrogens with zero attached hydrogens (tertiary/aromatic N) is 2. The smallest absolute Gasteiger partial charge is 0.132 e. The van der Waals surface area contributed by atoms with Crippen molar-refractivity contribution < 1.29 is 4.39 Å². The Labute approximate surface area is 182 Å². The highest BCUT2D eigenvalue weighted by Gasteiger charge is 2.20. The fraction of sp³-hybridized carbons (Fsp3) is 0.630. The standard InChI is InChI=1S/C27H39FN2/c1-3-5-7-8-21-10-12-22(13-11-21)14-15-23-16-18-25(26(28)20-23)27-19-17-24(29-30-27)9-6-4-2/h16-22H,3-15H2,1-2H3. The Hall–Kier alpha value is -1.77. The van der Waals surface area contributed by atoms with Crippen LogP contribution in [0.3, 0.4) is 0 Å². The molecule has 1 aromatic heterocycles. The second-order valence-electron chi connectivity index (χ2n) is 9.25. The lowest BCUT2D eigenvalue weighted by atomic mass is 9.78. The van der Waals surface area contributed by atoms with Crippen LogP contribution in [-0.4, -0.2) is 10.2 Å². The van der Waals surface area contributed by atoms with E-state index in [1.54, 1.807) is 6.07 Å². The van der Waals surface area contributed by atoms with Gasteiger partial charge in [-0.25, -0.2) is 4.39 Å². The van der Waals surface area contributed by atoms with Crippen molar-refractivity contribution in [2.45, 2.75) is 97.3 Å². The lowest BCUT2D eigenvalue weighted by Gasteiger charge is -2.28. The highest BCUT2D eigenvalue weighted by molar-refractivity contribution is 5.59. The summed E-state index contributed by atoms with van der Waals surface area (Å²) in [7, 11) is 0. The van der Waals surface area contributed by atoms with Gasteiger partial charge in [-0.1, -0.05) is 77.7 Å². The first-order valence-electron chi connectivity index (χ1n) is 12.3. The lowest BCUT2D eigenvalue weighted by molar-refractivity contribution is 0.249. The van der Waals surface area contributed by atoms with Gasteiger partial charge in [-0.05, 0) is 67.3 Å². The van der Waals surface area contributed by atoms with E-state index in [0.717, 1.165) is 48.8 Å². The van der Waals surface area contributed by atoms with Gasteiger partial charge in [0.05, 0.1) is 11.4 Å². The average molecular weight is 411 g/mol. The molecule has 1 saturated carbocycles. The SMILES string of the molecule is CCCCCC1CCC(CCc2ccc(-c3ccc(CCCC)nn3)c(F)c2)CC1. The molecule has 2 aromatic rings. The molecule has 0 aliphatic heterocycles. The van der Waals surface area contributed by atoms with Crippen LogP contribution < -0.4 is 0 Å². The predicted octanol–water partition coefficient (Wildman–Crippen LogP) is 7.94. The Morgan fingerprint density at radius 2 is 1.53 bits per heavy atom. The molecular weight excluding hydrogens is 371 g/mol. The summed E-state index contributed by atoms with van der Waals surface area (Å²) < 4.78 is 14.7. The van der Waals surface area contributed by atoms with Crippen LogP contribution in [0, 0.1) is 17.7 Å². The quantitative estimate of drug-likeness (QED) is 0.351. The third-order valence-electron chi connectivity index (χ3n) is 6.84. The van der Waals surface area contributed by atoms with E-state index in [1.807, 2.05) is 18.2 Å². The number of aryl methyl sites for hydroxylation is 2. The molecule has 0 unspecified atom stereocenters. The van der Waals surface area contributed by atoms with Gasteiger partial charge in [0.2, 0.25) is 0 Å². The maximum absolute atomic E-state index is 14.7. The number of rotatable bonds is 11. The van der Waals surface area contributed by atoms with E-state index >= 15 is 0 Å². The molecule has 1 heterocycles. The van der Waals surface area contributed by atoms with Crippen LogP contribution in [0.2, 0.25) is 0 Å². The molecule has 3 rings (SSSR count). The van der Waals surface area contributed by atoms with Gasteiger partial charge in [0.15, 0.2) is 0 Å². The van der Waals surface area contributed by atoms with Gasteiger partial charge in [0.25, 0.3) is 0 Å². The largest absolute Gasteiger partial charge is 0.206 e. The summed E-state index contributed by atoms with van der Waals surface area (Å²) in [5.41, 5.74) is 3.27. The Morgan fingerprint density at radius 1 is 0.800 bits per heavy atom. The number of hydrogen-bond donors (Lipinski definition) is 0. The van der Waals surface area contributed by atoms with E-state index in [0.29, 0.717) is 11.3 Å². The second kappa shape index (κ2) is 12.2. The Balaban J connectivity index is 1.48. The highest BCUT2D eigenvalue weighted by atomic mass is 19.1. The molecule has 2 nitrogen and oxygen atoms in total. The molecule has 0 atom stereocenters. The van der Waals surface area contributed by atoms with Gasteiger partial charge < -0.3 is 0 Å². The minimum atomic E-state index is -0.178. The van der Waals surface area contributed by atoms with Crippen LogP contribution in [0.5, 0.6) is 0 Å². The number of aromatic nitrogens is 2. The van der Waals surface area contributed by atoms with Crippen LogP contribution in [0.1, 0.15) is 95.7 Å². The van der Waals surface area contributed by atoms with E-state index < -0.39 is 0 Å². The fourth-order valence-corrected chi connectivity index (χ4v) is 4.78. The molecule has 3 heteroatoms. The van der Waals surface area contributed by atoms with Gasteiger partial charge in [-0.3, -0.25) is 0 Å². The third kappa shape index (κ3) is 6.89. The summed E-state index contributed by atoms with van der Waals surface area (Å²) in [6.07, 6.45) is 16.4. The first-order chi connectivity index (χ1) is 14.7. The number of hydrogen-bond acceptors (Lipinski definition) is 2. The molecule has 1 aliphatic rings. The van der Waals surface area contributed by atoms with Crippen molar-refractivity contribution in [1.29, 1.82) is 0 Å². The minimum Gasteiger partial charge on any atom is -0.206 e. The maximum Gasteiger partial charge on any atom is 0.132 e. The summed E-state index contributed by atoms with van der Waals surface area (Å²) in [5.74, 6) is 1.60. The minimum absolute atomic E-state index is 0.178. The summed E-state index contributed by atoms with van der Waals surface area (Å²) in [6, 6.07) is 9.53. The van der Waals surface area contributed by atoms with E-state index in [2.05, 4.69) is 30.1 Å². The number of halogens is 1. The number of unbranched alkanes of at least 4 members (excludes halogenated alkanes) is 3. The zero-order valence-corrected chi connectivity index (χ0v) is 19.0. The normalized spacial score (nSPS) is 19.2. The summed E-state index contributed by atoms with van der Waals surface area (Å²) >= 11 is 0. The molecule has 164 valence electrons. The van der Waals surface area contributed by atoms with Gasteiger partial charge >= 0.3 is 0 Å². The first-order valence-corrected chi connectivity index (χ1v) is 12.3. The van der Waals surface area contributed by atoms with Crippen LogP contribution >= 0.6 is 0 Å². The molecule has 1 aliphatic carbocycles. The lowest BCUT2D eigenvalue weighted by Crippen LogP contribution is -2.15. The predicted molar refractivity (Wildman–Crippen MR) is 124 cm³/mol. The van der Waals surface area contributed by atoms with E-state index in [4.69, 9.17) is 0 Å². The summed E-state index contributed by atoms with van der Waals surface area (Å²) in [5, 5.41) is 8.52. The molecule has 0 spiro atoms. The summed E-state index contributed by atoms with van der Waals surface area (Å²) in [4.78, 5) is 0. The van der Waals surface area contributed by atoms with Crippen molar-refractivity contribution in [3.05, 3.63) is 47.4 Å².